The maximum atomic E-state index is 9.05. The van der Waals surface area contributed by atoms with Crippen LogP contribution < -0.4 is 0 Å². The zero-order chi connectivity index (χ0) is 13.2. The Balaban J connectivity index is 2.37. The third kappa shape index (κ3) is 1.89. The highest BCUT2D eigenvalue weighted by Gasteiger charge is 2.15. The van der Waals surface area contributed by atoms with E-state index in [-0.39, 0.29) is 0 Å². The average Bonchev–Trinajstić information content (AvgIpc) is 2.86. The van der Waals surface area contributed by atoms with Crippen LogP contribution in [0.5, 0.6) is 0 Å². The van der Waals surface area contributed by atoms with Gasteiger partial charge in [0.25, 0.3) is 0 Å². The molecule has 0 bridgehead atoms. The lowest BCUT2D eigenvalue weighted by atomic mass is 10.0. The van der Waals surface area contributed by atoms with E-state index in [1.807, 2.05) is 36.4 Å². The molecule has 19 heavy (non-hydrogen) atoms. The third-order valence-corrected chi connectivity index (χ3v) is 3.28. The Kier molecular flexibility index (Phi) is 2.80. The molecule has 0 aliphatic heterocycles. The van der Waals surface area contributed by atoms with Crippen LogP contribution in [0.15, 0.2) is 59.8 Å². The highest BCUT2D eigenvalue weighted by molar-refractivity contribution is 6.11. The van der Waals surface area contributed by atoms with Gasteiger partial charge in [0.05, 0.1) is 5.69 Å². The Bertz CT molecular complexity index is 742. The van der Waals surface area contributed by atoms with Gasteiger partial charge in [0.15, 0.2) is 0 Å². The van der Waals surface area contributed by atoms with Crippen LogP contribution in [0.1, 0.15) is 12.6 Å². The molecule has 1 aromatic heterocycles. The minimum Gasteiger partial charge on any atom is -0.411 e. The van der Waals surface area contributed by atoms with E-state index in [0.29, 0.717) is 5.71 Å². The van der Waals surface area contributed by atoms with Gasteiger partial charge in [-0.05, 0) is 18.6 Å². The molecule has 2 N–H and O–H groups in total. The first kappa shape index (κ1) is 11.5. The second kappa shape index (κ2) is 4.61. The monoisotopic (exact) mass is 250 g/mol. The van der Waals surface area contributed by atoms with E-state index in [2.05, 4.69) is 28.3 Å². The summed E-state index contributed by atoms with van der Waals surface area (Å²) in [7, 11) is 0. The standard InChI is InChI=1S/C16H14N2O/c1-11(18-19)16-15(12-7-3-2-4-8-12)13-9-5-6-10-14(13)17-16/h2-10,17,19H,1H3. The first-order chi connectivity index (χ1) is 9.31. The number of H-pyrrole nitrogens is 1. The van der Waals surface area contributed by atoms with E-state index in [4.69, 9.17) is 5.21 Å². The summed E-state index contributed by atoms with van der Waals surface area (Å²) < 4.78 is 0. The molecule has 0 aliphatic rings. The van der Waals surface area contributed by atoms with Crippen LogP contribution in [-0.4, -0.2) is 15.9 Å². The summed E-state index contributed by atoms with van der Waals surface area (Å²) >= 11 is 0. The smallest absolute Gasteiger partial charge is 0.100 e. The predicted octanol–water partition coefficient (Wildman–Crippen LogP) is 4.03. The number of aromatic amines is 1. The van der Waals surface area contributed by atoms with E-state index in [1.165, 1.54) is 0 Å². The maximum Gasteiger partial charge on any atom is 0.100 e. The van der Waals surface area contributed by atoms with Gasteiger partial charge in [-0.15, -0.1) is 0 Å². The van der Waals surface area contributed by atoms with Crippen LogP contribution in [0.3, 0.4) is 0 Å². The SMILES string of the molecule is CC(=NO)c1[nH]c2ccccc2c1-c1ccccc1. The Morgan fingerprint density at radius 1 is 1.00 bits per heavy atom. The number of rotatable bonds is 2. The van der Waals surface area contributed by atoms with Gasteiger partial charge >= 0.3 is 0 Å². The van der Waals surface area contributed by atoms with Crippen molar-refractivity contribution in [1.29, 1.82) is 0 Å². The zero-order valence-electron chi connectivity index (χ0n) is 10.6. The normalized spacial score (nSPS) is 11.9. The molecule has 0 aliphatic carbocycles. The lowest BCUT2D eigenvalue weighted by molar-refractivity contribution is 0.319. The second-order valence-electron chi connectivity index (χ2n) is 4.47. The molecule has 3 heteroatoms. The van der Waals surface area contributed by atoms with Crippen molar-refractivity contribution in [3.63, 3.8) is 0 Å². The molecule has 0 unspecified atom stereocenters. The van der Waals surface area contributed by atoms with Gasteiger partial charge in [-0.1, -0.05) is 53.7 Å². The minimum atomic E-state index is 0.579. The van der Waals surface area contributed by atoms with Gasteiger partial charge in [0, 0.05) is 16.5 Å². The van der Waals surface area contributed by atoms with Gasteiger partial charge in [0.1, 0.15) is 5.71 Å². The number of hydrogen-bond acceptors (Lipinski definition) is 2. The molecular weight excluding hydrogens is 236 g/mol. The number of nitrogens with one attached hydrogen (secondary N) is 1. The van der Waals surface area contributed by atoms with E-state index < -0.39 is 0 Å². The first-order valence-corrected chi connectivity index (χ1v) is 6.16. The van der Waals surface area contributed by atoms with Crippen molar-refractivity contribution in [2.24, 2.45) is 5.16 Å². The lowest BCUT2D eigenvalue weighted by Crippen LogP contribution is -1.97. The van der Waals surface area contributed by atoms with Gasteiger partial charge in [-0.3, -0.25) is 0 Å². The van der Waals surface area contributed by atoms with Crippen molar-refractivity contribution in [2.45, 2.75) is 6.92 Å². The van der Waals surface area contributed by atoms with Gasteiger partial charge < -0.3 is 10.2 Å². The van der Waals surface area contributed by atoms with Crippen molar-refractivity contribution in [3.8, 4) is 11.1 Å². The summed E-state index contributed by atoms with van der Waals surface area (Å²) in [6.45, 7) is 1.79. The number of para-hydroxylation sites is 1. The van der Waals surface area contributed by atoms with E-state index in [1.54, 1.807) is 6.92 Å². The summed E-state index contributed by atoms with van der Waals surface area (Å²) in [5.41, 5.74) is 4.66. The molecule has 0 spiro atoms. The number of nitrogens with zero attached hydrogens (tertiary/aromatic N) is 1. The first-order valence-electron chi connectivity index (χ1n) is 6.16. The van der Waals surface area contributed by atoms with Crippen molar-refractivity contribution in [1.82, 2.24) is 4.98 Å². The molecule has 0 saturated carbocycles. The quantitative estimate of drug-likeness (QED) is 0.402. The number of fused-ring (bicyclic) bond motifs is 1. The largest absolute Gasteiger partial charge is 0.411 e. The second-order valence-corrected chi connectivity index (χ2v) is 4.47. The Hall–Kier alpha value is -2.55. The van der Waals surface area contributed by atoms with Gasteiger partial charge in [0.2, 0.25) is 0 Å². The molecule has 3 nitrogen and oxygen atoms in total. The highest BCUT2D eigenvalue weighted by Crippen LogP contribution is 2.32. The zero-order valence-corrected chi connectivity index (χ0v) is 10.6. The highest BCUT2D eigenvalue weighted by atomic mass is 16.4. The molecule has 0 atom stereocenters. The molecule has 3 rings (SSSR count). The number of oxime groups is 1. The summed E-state index contributed by atoms with van der Waals surface area (Å²) in [4.78, 5) is 3.32. The minimum absolute atomic E-state index is 0.579. The number of hydrogen-bond donors (Lipinski definition) is 2. The topological polar surface area (TPSA) is 48.4 Å². The van der Waals surface area contributed by atoms with Gasteiger partial charge in [-0.25, -0.2) is 0 Å². The van der Waals surface area contributed by atoms with Crippen molar-refractivity contribution >= 4 is 16.6 Å². The molecule has 0 fully saturated rings. The van der Waals surface area contributed by atoms with Crippen LogP contribution in [0.2, 0.25) is 0 Å². The van der Waals surface area contributed by atoms with Crippen LogP contribution in [-0.2, 0) is 0 Å². The molecule has 0 amide bonds. The molecule has 2 aromatic carbocycles. The summed E-state index contributed by atoms with van der Waals surface area (Å²) in [5.74, 6) is 0. The number of benzene rings is 2. The molecule has 0 radical (unpaired) electrons. The van der Waals surface area contributed by atoms with Crippen LogP contribution in [0.4, 0.5) is 0 Å². The molecular formula is C16H14N2O. The van der Waals surface area contributed by atoms with Crippen LogP contribution in [0, 0.1) is 0 Å². The van der Waals surface area contributed by atoms with Gasteiger partial charge in [-0.2, -0.15) is 0 Å². The fraction of sp³-hybridized carbons (Fsp3) is 0.0625. The molecule has 1 heterocycles. The maximum absolute atomic E-state index is 9.05. The molecule has 0 saturated heterocycles. The van der Waals surface area contributed by atoms with Crippen molar-refractivity contribution in [2.75, 3.05) is 0 Å². The predicted molar refractivity (Wildman–Crippen MR) is 77.7 cm³/mol. The summed E-state index contributed by atoms with van der Waals surface area (Å²) in [5, 5.41) is 13.5. The van der Waals surface area contributed by atoms with Crippen LogP contribution in [0.25, 0.3) is 22.0 Å². The van der Waals surface area contributed by atoms with Crippen molar-refractivity contribution in [3.05, 3.63) is 60.3 Å². The lowest BCUT2D eigenvalue weighted by Gasteiger charge is -2.03. The summed E-state index contributed by atoms with van der Waals surface area (Å²) in [6.07, 6.45) is 0. The van der Waals surface area contributed by atoms with E-state index >= 15 is 0 Å². The van der Waals surface area contributed by atoms with E-state index in [0.717, 1.165) is 27.7 Å². The number of aromatic nitrogens is 1. The fourth-order valence-corrected chi connectivity index (χ4v) is 2.37. The van der Waals surface area contributed by atoms with Crippen molar-refractivity contribution < 1.29 is 5.21 Å². The molecule has 3 aromatic rings. The third-order valence-electron chi connectivity index (χ3n) is 3.28. The Morgan fingerprint density at radius 3 is 2.42 bits per heavy atom. The Morgan fingerprint density at radius 2 is 1.68 bits per heavy atom. The Labute approximate surface area is 111 Å². The summed E-state index contributed by atoms with van der Waals surface area (Å²) in [6, 6.07) is 18.2. The fourth-order valence-electron chi connectivity index (χ4n) is 2.37. The molecule has 94 valence electrons. The average molecular weight is 250 g/mol. The van der Waals surface area contributed by atoms with E-state index in [9.17, 15) is 0 Å². The van der Waals surface area contributed by atoms with Crippen LogP contribution >= 0.6 is 0 Å².